The second-order valence-electron chi connectivity index (χ2n) is 0.548. The minimum atomic E-state index is 0. The molecule has 0 unspecified atom stereocenters. The van der Waals surface area contributed by atoms with Crippen molar-refractivity contribution in [3.8, 4) is 0 Å². The minimum Gasteiger partial charge on any atom is -0.665 e. The summed E-state index contributed by atoms with van der Waals surface area (Å²) in [6.07, 6.45) is 0. The Morgan fingerprint density at radius 3 is 0.368 bits per heavy atom. The Morgan fingerprint density at radius 2 is 0.368 bits per heavy atom. The minimum absolute atomic E-state index is 0. The van der Waals surface area contributed by atoms with Gasteiger partial charge in [-0.05, 0) is 0 Å². The van der Waals surface area contributed by atoms with Crippen molar-refractivity contribution in [2.24, 2.45) is 0 Å². The fourth-order valence-corrected chi connectivity index (χ4v) is 0. The first-order valence-electron chi connectivity index (χ1n) is 2.57. The van der Waals surface area contributed by atoms with Crippen LogP contribution in [-0.2, 0) is 46.1 Å². The molecule has 0 bridgehead atoms. The van der Waals surface area contributed by atoms with Gasteiger partial charge in [-0.1, -0.05) is 38.8 Å². The van der Waals surface area contributed by atoms with Gasteiger partial charge in [-0.25, -0.2) is 0 Å². The van der Waals surface area contributed by atoms with Crippen LogP contribution in [0, 0.1) is 0 Å². The predicted molar refractivity (Wildman–Crippen MR) is 49.9 cm³/mol. The third-order valence-electron chi connectivity index (χ3n) is 0. The largest absolute Gasteiger partial charge is 6.00 e. The van der Waals surface area contributed by atoms with Crippen LogP contribution in [-0.4, -0.2) is 69.5 Å². The topological polar surface area (TPSA) is 224 Å². The normalized spacial score (nSPS) is 3.79. The molecule has 0 spiro atoms. The predicted octanol–water partition coefficient (Wildman–Crippen LogP) is -2.33. The Morgan fingerprint density at radius 1 is 0.368 bits per heavy atom. The molecular weight excluding hydrogens is 316 g/mol. The van der Waals surface area contributed by atoms with Crippen LogP contribution in [0.3, 0.4) is 0 Å². The quantitative estimate of drug-likeness (QED) is 0.258. The monoisotopic (exact) mass is 322 g/mol. The van der Waals surface area contributed by atoms with Crippen LogP contribution in [0.2, 0.25) is 0 Å². The summed E-state index contributed by atoms with van der Waals surface area (Å²) in [4.78, 5) is 49.4. The molecule has 0 aliphatic heterocycles. The summed E-state index contributed by atoms with van der Waals surface area (Å²) in [5.41, 5.74) is 0. The molecular formula is C6H6CrO12. The SMILES string of the molecule is O=[C-]O.O=[C-]O.O=[C-]O.O=[C-]O.O=[C-]O.O=[C-]O.[Cr+6]. The molecule has 0 heterocycles. The van der Waals surface area contributed by atoms with Crippen LogP contribution < -0.4 is 0 Å². The van der Waals surface area contributed by atoms with E-state index in [0.29, 0.717) is 38.8 Å². The number of hydrogen-bond donors (Lipinski definition) is 6. The summed E-state index contributed by atoms with van der Waals surface area (Å²) >= 11 is 0. The van der Waals surface area contributed by atoms with Crippen molar-refractivity contribution in [3.05, 3.63) is 0 Å². The van der Waals surface area contributed by atoms with Crippen molar-refractivity contribution in [2.45, 2.75) is 0 Å². The zero-order chi connectivity index (χ0) is 16.2. The Bertz CT molecular complexity index is 114. The van der Waals surface area contributed by atoms with Gasteiger partial charge in [-0.3, -0.25) is 0 Å². The number of hydrogen-bond acceptors (Lipinski definition) is 6. The third-order valence-corrected chi connectivity index (χ3v) is 0. The molecule has 6 N–H and O–H groups in total. The first-order valence-corrected chi connectivity index (χ1v) is 2.57. The molecule has 0 atom stereocenters. The molecule has 0 aliphatic carbocycles. The molecule has 108 valence electrons. The molecule has 0 amide bonds. The van der Waals surface area contributed by atoms with Gasteiger partial charge >= 0.3 is 17.4 Å². The maximum absolute atomic E-state index is 8.24. The van der Waals surface area contributed by atoms with E-state index in [0.717, 1.165) is 0 Å². The van der Waals surface area contributed by atoms with Crippen LogP contribution in [0.15, 0.2) is 0 Å². The van der Waals surface area contributed by atoms with Crippen molar-refractivity contribution in [1.29, 1.82) is 0 Å². The van der Waals surface area contributed by atoms with Gasteiger partial charge < -0.3 is 59.4 Å². The summed E-state index contributed by atoms with van der Waals surface area (Å²) in [5.74, 6) is 0. The molecule has 0 saturated heterocycles. The van der Waals surface area contributed by atoms with E-state index < -0.39 is 0 Å². The van der Waals surface area contributed by atoms with E-state index in [4.69, 9.17) is 59.4 Å². The molecule has 0 aromatic heterocycles. The molecule has 19 heavy (non-hydrogen) atoms. The fourth-order valence-electron chi connectivity index (χ4n) is 0. The van der Waals surface area contributed by atoms with E-state index in [1.165, 1.54) is 0 Å². The first-order chi connectivity index (χ1) is 8.49. The van der Waals surface area contributed by atoms with Crippen LogP contribution in [0.25, 0.3) is 0 Å². The molecule has 0 rings (SSSR count). The molecule has 13 heteroatoms. The molecule has 0 fully saturated rings. The Labute approximate surface area is 116 Å². The maximum Gasteiger partial charge on any atom is 6.00 e. The average Bonchev–Trinajstić information content (AvgIpc) is 2.23. The van der Waals surface area contributed by atoms with E-state index in [2.05, 4.69) is 0 Å². The van der Waals surface area contributed by atoms with Crippen LogP contribution >= 0.6 is 0 Å². The number of aliphatic hydroxyl groups excluding tert-OH is 6. The maximum atomic E-state index is 8.24. The summed E-state index contributed by atoms with van der Waals surface area (Å²) in [6.45, 7) is 3.00. The van der Waals surface area contributed by atoms with Crippen LogP contribution in [0.4, 0.5) is 0 Å². The molecule has 12 nitrogen and oxygen atoms in total. The Kier molecular flexibility index (Phi) is 653. The second kappa shape index (κ2) is 281. The van der Waals surface area contributed by atoms with Crippen molar-refractivity contribution >= 4 is 38.8 Å². The third kappa shape index (κ3) is 390. The first kappa shape index (κ1) is 44.1. The summed E-state index contributed by atoms with van der Waals surface area (Å²) in [7, 11) is 0. The van der Waals surface area contributed by atoms with Gasteiger partial charge in [0.2, 0.25) is 0 Å². The van der Waals surface area contributed by atoms with E-state index in [1.807, 2.05) is 0 Å². The van der Waals surface area contributed by atoms with Gasteiger partial charge in [-0.15, -0.1) is 0 Å². The Hall–Kier alpha value is -2.65. The van der Waals surface area contributed by atoms with Crippen molar-refractivity contribution in [3.63, 3.8) is 0 Å². The molecule has 0 aromatic rings. The van der Waals surface area contributed by atoms with E-state index in [-0.39, 0.29) is 17.4 Å². The van der Waals surface area contributed by atoms with Crippen LogP contribution in [0.1, 0.15) is 0 Å². The molecule has 0 radical (unpaired) electrons. The molecule has 0 aliphatic rings. The molecule has 0 saturated carbocycles. The smallest absolute Gasteiger partial charge is 0.665 e. The van der Waals surface area contributed by atoms with Crippen LogP contribution in [0.5, 0.6) is 0 Å². The fraction of sp³-hybridized carbons (Fsp3) is 0. The van der Waals surface area contributed by atoms with Crippen molar-refractivity contribution < 1.29 is 76.8 Å². The van der Waals surface area contributed by atoms with Gasteiger partial charge in [0, 0.05) is 0 Å². The zero-order valence-corrected chi connectivity index (χ0v) is 9.82. The van der Waals surface area contributed by atoms with Gasteiger partial charge in [0.05, 0.1) is 0 Å². The van der Waals surface area contributed by atoms with Gasteiger partial charge in [0.15, 0.2) is 0 Å². The standard InChI is InChI=1S/6CHO2.Cr/c6*2-1-3;/h6*(H,2,3);/q6*-1;+6. The average molecular weight is 322 g/mol. The van der Waals surface area contributed by atoms with Gasteiger partial charge in [0.25, 0.3) is 0 Å². The van der Waals surface area contributed by atoms with Crippen molar-refractivity contribution in [2.75, 3.05) is 0 Å². The summed E-state index contributed by atoms with van der Waals surface area (Å²) in [6, 6.07) is 0. The zero-order valence-electron chi connectivity index (χ0n) is 8.54. The second-order valence-corrected chi connectivity index (χ2v) is 0.548. The Balaban J connectivity index is -0.0000000180. The van der Waals surface area contributed by atoms with Crippen molar-refractivity contribution in [1.82, 2.24) is 0 Å². The number of rotatable bonds is 0. The van der Waals surface area contributed by atoms with E-state index in [1.54, 1.807) is 0 Å². The summed E-state index contributed by atoms with van der Waals surface area (Å²) < 4.78 is 0. The van der Waals surface area contributed by atoms with E-state index in [9.17, 15) is 0 Å². The molecule has 0 aromatic carbocycles. The van der Waals surface area contributed by atoms with E-state index >= 15 is 0 Å². The van der Waals surface area contributed by atoms with Gasteiger partial charge in [-0.2, -0.15) is 0 Å². The summed E-state index contributed by atoms with van der Waals surface area (Å²) in [5, 5.41) is 40.6. The van der Waals surface area contributed by atoms with Gasteiger partial charge in [0.1, 0.15) is 0 Å².